The highest BCUT2D eigenvalue weighted by Gasteiger charge is 2.22. The molecule has 162 valence electrons. The molecule has 0 unspecified atom stereocenters. The maximum atomic E-state index is 12.5. The zero-order valence-electron chi connectivity index (χ0n) is 16.2. The molecule has 0 bridgehead atoms. The molecular formula is C18H20N2O8S2. The number of rotatable bonds is 9. The van der Waals surface area contributed by atoms with Crippen LogP contribution in [0.25, 0.3) is 0 Å². The molecule has 0 atom stereocenters. The first-order valence-corrected chi connectivity index (χ1v) is 10.9. The average Bonchev–Trinajstić information content (AvgIpc) is 3.26. The maximum absolute atomic E-state index is 12.5. The molecule has 0 radical (unpaired) electrons. The highest BCUT2D eigenvalue weighted by atomic mass is 32.2. The van der Waals surface area contributed by atoms with Gasteiger partial charge in [0.15, 0.2) is 13.2 Å². The van der Waals surface area contributed by atoms with Gasteiger partial charge in [0.2, 0.25) is 0 Å². The van der Waals surface area contributed by atoms with E-state index in [1.165, 1.54) is 37.4 Å². The van der Waals surface area contributed by atoms with Gasteiger partial charge in [0.1, 0.15) is 9.96 Å². The van der Waals surface area contributed by atoms with E-state index in [1.807, 2.05) is 5.32 Å². The zero-order chi connectivity index (χ0) is 22.1. The molecule has 1 aromatic carbocycles. The predicted octanol–water partition coefficient (Wildman–Crippen LogP) is 1.77. The Kier molecular flexibility index (Phi) is 8.18. The van der Waals surface area contributed by atoms with Crippen molar-refractivity contribution in [3.05, 3.63) is 41.8 Å². The quantitative estimate of drug-likeness (QED) is 0.566. The second-order valence-corrected chi connectivity index (χ2v) is 8.76. The number of thiophene rings is 1. The van der Waals surface area contributed by atoms with Crippen molar-refractivity contribution in [2.45, 2.75) is 11.1 Å². The topological polar surface area (TPSA) is 128 Å². The summed E-state index contributed by atoms with van der Waals surface area (Å²) < 4.78 is 40.8. The fraction of sp³-hybridized carbons (Fsp3) is 0.278. The highest BCUT2D eigenvalue weighted by Crippen LogP contribution is 2.26. The van der Waals surface area contributed by atoms with E-state index in [-0.39, 0.29) is 10.8 Å². The number of ether oxygens (including phenoxy) is 3. The number of amides is 2. The Morgan fingerprint density at radius 2 is 1.77 bits per heavy atom. The monoisotopic (exact) mass is 456 g/mol. The first-order chi connectivity index (χ1) is 14.2. The van der Waals surface area contributed by atoms with Gasteiger partial charge in [-0.05, 0) is 42.6 Å². The summed E-state index contributed by atoms with van der Waals surface area (Å²) in [6.07, 6.45) is -0.930. The van der Waals surface area contributed by atoms with Crippen LogP contribution in [-0.4, -0.2) is 53.3 Å². The number of imide groups is 1. The Balaban J connectivity index is 1.82. The number of alkyl carbamates (subject to hydrolysis) is 1. The molecular weight excluding hydrogens is 436 g/mol. The normalized spacial score (nSPS) is 10.7. The number of sulfonamides is 1. The van der Waals surface area contributed by atoms with Gasteiger partial charge < -0.3 is 14.2 Å². The summed E-state index contributed by atoms with van der Waals surface area (Å²) in [5.41, 5.74) is 0.411. The van der Waals surface area contributed by atoms with Gasteiger partial charge in [0, 0.05) is 7.05 Å². The Hall–Kier alpha value is -3.12. The second-order valence-electron chi connectivity index (χ2n) is 5.62. The number of anilines is 1. The third kappa shape index (κ3) is 6.46. The summed E-state index contributed by atoms with van der Waals surface area (Å²) in [6.45, 7) is 0.538. The Bertz CT molecular complexity index is 972. The van der Waals surface area contributed by atoms with Gasteiger partial charge in [0.05, 0.1) is 12.3 Å². The summed E-state index contributed by atoms with van der Waals surface area (Å²) in [7, 11) is -2.21. The minimum atomic E-state index is -3.65. The maximum Gasteiger partial charge on any atom is 0.413 e. The van der Waals surface area contributed by atoms with E-state index in [0.29, 0.717) is 11.4 Å². The second kappa shape index (κ2) is 10.6. The molecule has 0 saturated heterocycles. The lowest BCUT2D eigenvalue weighted by atomic mass is 10.3. The molecule has 2 aromatic rings. The molecule has 1 heterocycles. The lowest BCUT2D eigenvalue weighted by Gasteiger charge is -2.18. The largest absolute Gasteiger partial charge is 0.482 e. The first-order valence-electron chi connectivity index (χ1n) is 8.61. The van der Waals surface area contributed by atoms with Crippen LogP contribution >= 0.6 is 11.3 Å². The van der Waals surface area contributed by atoms with E-state index in [0.717, 1.165) is 15.6 Å². The van der Waals surface area contributed by atoms with Crippen molar-refractivity contribution in [3.8, 4) is 5.75 Å². The SMILES string of the molecule is CCOC(=O)NC(=O)COC(=O)COc1ccc(N(C)S(=O)(=O)c2cccs2)cc1. The van der Waals surface area contributed by atoms with Gasteiger partial charge in [-0.15, -0.1) is 11.3 Å². The van der Waals surface area contributed by atoms with E-state index in [1.54, 1.807) is 18.4 Å². The summed E-state index contributed by atoms with van der Waals surface area (Å²) >= 11 is 1.12. The van der Waals surface area contributed by atoms with Crippen molar-refractivity contribution >= 4 is 45.0 Å². The minimum absolute atomic E-state index is 0.0985. The van der Waals surface area contributed by atoms with Crippen LogP contribution in [-0.2, 0) is 29.1 Å². The van der Waals surface area contributed by atoms with Crippen LogP contribution in [0.15, 0.2) is 46.0 Å². The van der Waals surface area contributed by atoms with Crippen molar-refractivity contribution in [2.24, 2.45) is 0 Å². The lowest BCUT2D eigenvalue weighted by molar-refractivity contribution is -0.150. The molecule has 0 spiro atoms. The van der Waals surface area contributed by atoms with Crippen LogP contribution in [0.1, 0.15) is 6.92 Å². The molecule has 1 N–H and O–H groups in total. The number of hydrogen-bond acceptors (Lipinski definition) is 9. The number of benzene rings is 1. The fourth-order valence-electron chi connectivity index (χ4n) is 2.08. The third-order valence-corrected chi connectivity index (χ3v) is 6.71. The van der Waals surface area contributed by atoms with E-state index in [9.17, 15) is 22.8 Å². The summed E-state index contributed by atoms with van der Waals surface area (Å²) in [5, 5.41) is 3.56. The molecule has 0 aliphatic heterocycles. The van der Waals surface area contributed by atoms with Crippen LogP contribution in [0.4, 0.5) is 10.5 Å². The van der Waals surface area contributed by atoms with Gasteiger partial charge in [-0.3, -0.25) is 14.4 Å². The van der Waals surface area contributed by atoms with Crippen molar-refractivity contribution in [1.82, 2.24) is 5.32 Å². The molecule has 0 aliphatic carbocycles. The molecule has 10 nitrogen and oxygen atoms in total. The Morgan fingerprint density at radius 3 is 2.37 bits per heavy atom. The standard InChI is InChI=1S/C18H20N2O8S2/c1-3-26-18(23)19-15(21)11-28-16(22)12-27-14-8-6-13(7-9-14)20(2)30(24,25)17-5-4-10-29-17/h4-10H,3,11-12H2,1-2H3,(H,19,21,23). The zero-order valence-corrected chi connectivity index (χ0v) is 17.8. The third-order valence-electron chi connectivity index (χ3n) is 3.55. The van der Waals surface area contributed by atoms with Gasteiger partial charge in [-0.2, -0.15) is 0 Å². The minimum Gasteiger partial charge on any atom is -0.482 e. The van der Waals surface area contributed by atoms with Crippen molar-refractivity contribution in [2.75, 3.05) is 31.2 Å². The van der Waals surface area contributed by atoms with E-state index in [2.05, 4.69) is 9.47 Å². The predicted molar refractivity (Wildman–Crippen MR) is 108 cm³/mol. The number of hydrogen-bond donors (Lipinski definition) is 1. The Labute approximate surface area is 177 Å². The first kappa shape index (κ1) is 23.2. The lowest BCUT2D eigenvalue weighted by Crippen LogP contribution is -2.35. The average molecular weight is 456 g/mol. The van der Waals surface area contributed by atoms with Gasteiger partial charge in [-0.1, -0.05) is 6.07 Å². The molecule has 0 saturated carbocycles. The molecule has 12 heteroatoms. The van der Waals surface area contributed by atoms with E-state index >= 15 is 0 Å². The van der Waals surface area contributed by atoms with Gasteiger partial charge in [-0.25, -0.2) is 18.0 Å². The molecule has 2 amide bonds. The van der Waals surface area contributed by atoms with Crippen LogP contribution in [0.2, 0.25) is 0 Å². The number of nitrogens with zero attached hydrogens (tertiary/aromatic N) is 1. The number of carbonyl (C=O) groups is 3. The van der Waals surface area contributed by atoms with Crippen molar-refractivity contribution in [1.29, 1.82) is 0 Å². The summed E-state index contributed by atoms with van der Waals surface area (Å²) in [5.74, 6) is -1.36. The van der Waals surface area contributed by atoms with Crippen molar-refractivity contribution in [3.63, 3.8) is 0 Å². The van der Waals surface area contributed by atoms with Crippen LogP contribution in [0.5, 0.6) is 5.75 Å². The molecule has 1 aromatic heterocycles. The molecule has 2 rings (SSSR count). The summed E-state index contributed by atoms with van der Waals surface area (Å²) in [6, 6.07) is 9.22. The molecule has 0 fully saturated rings. The van der Waals surface area contributed by atoms with Crippen LogP contribution < -0.4 is 14.4 Å². The molecule has 0 aliphatic rings. The highest BCUT2D eigenvalue weighted by molar-refractivity contribution is 7.94. The van der Waals surface area contributed by atoms with Crippen molar-refractivity contribution < 1.29 is 37.0 Å². The van der Waals surface area contributed by atoms with Crippen LogP contribution in [0.3, 0.4) is 0 Å². The smallest absolute Gasteiger partial charge is 0.413 e. The number of esters is 1. The van der Waals surface area contributed by atoms with E-state index < -0.39 is 41.2 Å². The fourth-order valence-corrected chi connectivity index (χ4v) is 4.44. The summed E-state index contributed by atoms with van der Waals surface area (Å²) in [4.78, 5) is 34.1. The van der Waals surface area contributed by atoms with Crippen LogP contribution in [0, 0.1) is 0 Å². The molecule has 30 heavy (non-hydrogen) atoms. The van der Waals surface area contributed by atoms with Gasteiger partial charge in [0.25, 0.3) is 15.9 Å². The number of carbonyl (C=O) groups excluding carboxylic acids is 3. The van der Waals surface area contributed by atoms with Gasteiger partial charge >= 0.3 is 12.1 Å². The van der Waals surface area contributed by atoms with E-state index in [4.69, 9.17) is 4.74 Å². The Morgan fingerprint density at radius 1 is 1.07 bits per heavy atom. The number of nitrogens with one attached hydrogen (secondary N) is 1.